The Hall–Kier alpha value is -1.66. The number of anilines is 1. The van der Waals surface area contributed by atoms with Crippen molar-refractivity contribution in [2.45, 2.75) is 13.2 Å². The highest BCUT2D eigenvalue weighted by Crippen LogP contribution is 2.18. The molecular formula is C14H16BrN3O2. The number of halogens is 1. The Morgan fingerprint density at radius 1 is 1.35 bits per heavy atom. The molecule has 106 valence electrons. The molecule has 2 rings (SSSR count). The number of ether oxygens (including phenoxy) is 1. The fraction of sp³-hybridized carbons (Fsp3) is 0.286. The molecule has 0 amide bonds. The van der Waals surface area contributed by atoms with Crippen molar-refractivity contribution >= 4 is 21.6 Å². The van der Waals surface area contributed by atoms with Gasteiger partial charge in [0.25, 0.3) is 5.56 Å². The van der Waals surface area contributed by atoms with Gasteiger partial charge in [0, 0.05) is 20.7 Å². The van der Waals surface area contributed by atoms with Crippen LogP contribution in [0.5, 0.6) is 0 Å². The summed E-state index contributed by atoms with van der Waals surface area (Å²) < 4.78 is 6.95. The van der Waals surface area contributed by atoms with Gasteiger partial charge in [-0.1, -0.05) is 24.3 Å². The Kier molecular flexibility index (Phi) is 4.92. The Morgan fingerprint density at radius 2 is 2.05 bits per heavy atom. The van der Waals surface area contributed by atoms with E-state index in [2.05, 4.69) is 26.3 Å². The van der Waals surface area contributed by atoms with E-state index in [1.165, 1.54) is 4.68 Å². The van der Waals surface area contributed by atoms with Gasteiger partial charge >= 0.3 is 0 Å². The van der Waals surface area contributed by atoms with E-state index >= 15 is 0 Å². The molecule has 1 N–H and O–H groups in total. The Balaban J connectivity index is 2.17. The highest BCUT2D eigenvalue weighted by Gasteiger charge is 2.07. The maximum Gasteiger partial charge on any atom is 0.282 e. The Morgan fingerprint density at radius 3 is 2.75 bits per heavy atom. The second kappa shape index (κ2) is 6.67. The minimum atomic E-state index is -0.167. The molecule has 1 aromatic heterocycles. The predicted octanol–water partition coefficient (Wildman–Crippen LogP) is 2.30. The number of hydrogen-bond donors (Lipinski definition) is 1. The van der Waals surface area contributed by atoms with Gasteiger partial charge in [-0.25, -0.2) is 4.68 Å². The molecule has 2 aromatic rings. The molecule has 0 saturated carbocycles. The van der Waals surface area contributed by atoms with E-state index in [1.807, 2.05) is 24.3 Å². The van der Waals surface area contributed by atoms with Crippen molar-refractivity contribution in [1.29, 1.82) is 0 Å². The summed E-state index contributed by atoms with van der Waals surface area (Å²) in [5.74, 6) is 0. The first-order valence-corrected chi connectivity index (χ1v) is 6.94. The molecule has 20 heavy (non-hydrogen) atoms. The van der Waals surface area contributed by atoms with Gasteiger partial charge in [-0.2, -0.15) is 5.10 Å². The first-order valence-electron chi connectivity index (χ1n) is 6.15. The standard InChI is InChI=1S/C14H16BrN3O2/c1-18-14(19)13(15)12(8-17-18)16-7-10-5-3-4-6-11(10)9-20-2/h3-6,8,16H,7,9H2,1-2H3. The van der Waals surface area contributed by atoms with Crippen molar-refractivity contribution < 1.29 is 4.74 Å². The lowest BCUT2D eigenvalue weighted by atomic mass is 10.1. The highest BCUT2D eigenvalue weighted by molar-refractivity contribution is 9.10. The van der Waals surface area contributed by atoms with Crippen LogP contribution in [-0.2, 0) is 24.9 Å². The van der Waals surface area contributed by atoms with E-state index in [1.54, 1.807) is 20.4 Å². The van der Waals surface area contributed by atoms with E-state index in [9.17, 15) is 4.79 Å². The summed E-state index contributed by atoms with van der Waals surface area (Å²) in [6.45, 7) is 1.17. The van der Waals surface area contributed by atoms with Crippen LogP contribution >= 0.6 is 15.9 Å². The van der Waals surface area contributed by atoms with Crippen LogP contribution < -0.4 is 10.9 Å². The molecule has 0 aliphatic carbocycles. The summed E-state index contributed by atoms with van der Waals surface area (Å²) in [6, 6.07) is 8.02. The lowest BCUT2D eigenvalue weighted by Gasteiger charge is -2.12. The van der Waals surface area contributed by atoms with Gasteiger partial charge in [-0.05, 0) is 27.1 Å². The zero-order chi connectivity index (χ0) is 14.5. The molecule has 0 saturated heterocycles. The lowest BCUT2D eigenvalue weighted by molar-refractivity contribution is 0.184. The molecule has 0 fully saturated rings. The third-order valence-corrected chi connectivity index (χ3v) is 3.73. The van der Waals surface area contributed by atoms with E-state index in [0.717, 1.165) is 11.1 Å². The van der Waals surface area contributed by atoms with Crippen molar-refractivity contribution in [2.75, 3.05) is 12.4 Å². The second-order valence-corrected chi connectivity index (χ2v) is 5.15. The first-order chi connectivity index (χ1) is 9.63. The Bertz CT molecular complexity index is 655. The Labute approximate surface area is 125 Å². The van der Waals surface area contributed by atoms with Gasteiger partial charge < -0.3 is 10.1 Å². The molecule has 0 spiro atoms. The molecule has 0 aliphatic rings. The molecule has 0 radical (unpaired) electrons. The van der Waals surface area contributed by atoms with E-state index in [-0.39, 0.29) is 5.56 Å². The summed E-state index contributed by atoms with van der Waals surface area (Å²) in [5, 5.41) is 7.22. The average Bonchev–Trinajstić information content (AvgIpc) is 2.46. The normalized spacial score (nSPS) is 10.6. The van der Waals surface area contributed by atoms with Gasteiger partial charge in [0.15, 0.2) is 0 Å². The number of hydrogen-bond acceptors (Lipinski definition) is 4. The van der Waals surface area contributed by atoms with Crippen molar-refractivity contribution in [2.24, 2.45) is 7.05 Å². The fourth-order valence-electron chi connectivity index (χ4n) is 1.85. The van der Waals surface area contributed by atoms with Crippen LogP contribution in [0.25, 0.3) is 0 Å². The summed E-state index contributed by atoms with van der Waals surface area (Å²) in [5.41, 5.74) is 2.76. The number of methoxy groups -OCH3 is 1. The maximum atomic E-state index is 11.8. The van der Waals surface area contributed by atoms with Gasteiger partial charge in [0.1, 0.15) is 4.47 Å². The average molecular weight is 338 g/mol. The number of aromatic nitrogens is 2. The highest BCUT2D eigenvalue weighted by atomic mass is 79.9. The first kappa shape index (κ1) is 14.7. The van der Waals surface area contributed by atoms with E-state index in [4.69, 9.17) is 4.74 Å². The van der Waals surface area contributed by atoms with Crippen molar-refractivity contribution in [3.8, 4) is 0 Å². The topological polar surface area (TPSA) is 56.1 Å². The third-order valence-electron chi connectivity index (χ3n) is 2.97. The van der Waals surface area contributed by atoms with Gasteiger partial charge in [-0.3, -0.25) is 4.79 Å². The van der Waals surface area contributed by atoms with Crippen LogP contribution in [0.4, 0.5) is 5.69 Å². The SMILES string of the molecule is COCc1ccccc1CNc1cnn(C)c(=O)c1Br. The van der Waals surface area contributed by atoms with Crippen molar-refractivity contribution in [3.63, 3.8) is 0 Å². The number of rotatable bonds is 5. The van der Waals surface area contributed by atoms with Crippen molar-refractivity contribution in [3.05, 3.63) is 56.4 Å². The molecule has 0 atom stereocenters. The molecule has 1 heterocycles. The molecule has 6 heteroatoms. The molecule has 1 aromatic carbocycles. The quantitative estimate of drug-likeness (QED) is 0.909. The van der Waals surface area contributed by atoms with Crippen molar-refractivity contribution in [1.82, 2.24) is 9.78 Å². The molecular weight excluding hydrogens is 322 g/mol. The number of nitrogens with one attached hydrogen (secondary N) is 1. The molecule has 0 bridgehead atoms. The third kappa shape index (κ3) is 3.26. The van der Waals surface area contributed by atoms with E-state index < -0.39 is 0 Å². The second-order valence-electron chi connectivity index (χ2n) is 4.36. The minimum Gasteiger partial charge on any atom is -0.380 e. The van der Waals surface area contributed by atoms with Gasteiger partial charge in [-0.15, -0.1) is 0 Å². The molecule has 0 aliphatic heterocycles. The zero-order valence-electron chi connectivity index (χ0n) is 11.4. The molecule has 5 nitrogen and oxygen atoms in total. The maximum absolute atomic E-state index is 11.8. The smallest absolute Gasteiger partial charge is 0.282 e. The molecule has 0 unspecified atom stereocenters. The fourth-order valence-corrected chi connectivity index (χ4v) is 2.35. The van der Waals surface area contributed by atoms with Crippen LogP contribution in [0.2, 0.25) is 0 Å². The minimum absolute atomic E-state index is 0.167. The summed E-state index contributed by atoms with van der Waals surface area (Å²) in [6.07, 6.45) is 1.63. The lowest BCUT2D eigenvalue weighted by Crippen LogP contribution is -2.21. The predicted molar refractivity (Wildman–Crippen MR) is 81.7 cm³/mol. The number of nitrogens with zero attached hydrogens (tertiary/aromatic N) is 2. The van der Waals surface area contributed by atoms with Crippen LogP contribution in [0.3, 0.4) is 0 Å². The zero-order valence-corrected chi connectivity index (χ0v) is 13.0. The van der Waals surface area contributed by atoms with Crippen LogP contribution in [0, 0.1) is 0 Å². The van der Waals surface area contributed by atoms with Crippen LogP contribution in [0.1, 0.15) is 11.1 Å². The monoisotopic (exact) mass is 337 g/mol. The van der Waals surface area contributed by atoms with Gasteiger partial charge in [0.05, 0.1) is 18.5 Å². The van der Waals surface area contributed by atoms with E-state index in [0.29, 0.717) is 23.3 Å². The van der Waals surface area contributed by atoms with Gasteiger partial charge in [0.2, 0.25) is 0 Å². The summed E-state index contributed by atoms with van der Waals surface area (Å²) in [4.78, 5) is 11.8. The summed E-state index contributed by atoms with van der Waals surface area (Å²) >= 11 is 3.29. The summed E-state index contributed by atoms with van der Waals surface area (Å²) in [7, 11) is 3.29. The largest absolute Gasteiger partial charge is 0.380 e. The van der Waals surface area contributed by atoms with Crippen LogP contribution in [0.15, 0.2) is 39.7 Å². The number of benzene rings is 1. The number of aryl methyl sites for hydroxylation is 1. The van der Waals surface area contributed by atoms with Crippen LogP contribution in [-0.4, -0.2) is 16.9 Å².